The van der Waals surface area contributed by atoms with E-state index in [1.807, 2.05) is 6.92 Å². The molecule has 0 amide bonds. The molecule has 3 N–H and O–H groups in total. The van der Waals surface area contributed by atoms with Crippen LogP contribution in [0.1, 0.15) is 58.8 Å². The van der Waals surface area contributed by atoms with Crippen LogP contribution in [-0.4, -0.2) is 23.1 Å². The first kappa shape index (κ1) is 16.7. The van der Waals surface area contributed by atoms with Crippen molar-refractivity contribution in [2.75, 3.05) is 17.4 Å². The highest BCUT2D eigenvalue weighted by atomic mass is 15.3. The van der Waals surface area contributed by atoms with Crippen LogP contribution in [0.25, 0.3) is 0 Å². The number of nitrogens with one attached hydrogen (secondary N) is 1. The third-order valence-corrected chi connectivity index (χ3v) is 3.75. The monoisotopic (exact) mass is 279 g/mol. The molecule has 114 valence electrons. The molecule has 5 heteroatoms. The molecule has 0 fully saturated rings. The second kappa shape index (κ2) is 6.39. The van der Waals surface area contributed by atoms with Crippen molar-refractivity contribution in [1.82, 2.24) is 9.97 Å². The minimum atomic E-state index is -0.108. The van der Waals surface area contributed by atoms with Gasteiger partial charge >= 0.3 is 0 Å². The maximum Gasteiger partial charge on any atom is 0.148 e. The highest BCUT2D eigenvalue weighted by Crippen LogP contribution is 2.29. The van der Waals surface area contributed by atoms with E-state index in [1.54, 1.807) is 0 Å². The van der Waals surface area contributed by atoms with Crippen molar-refractivity contribution < 1.29 is 0 Å². The van der Waals surface area contributed by atoms with Crippen LogP contribution in [0.15, 0.2) is 0 Å². The van der Waals surface area contributed by atoms with E-state index < -0.39 is 0 Å². The second-order valence-electron chi connectivity index (χ2n) is 6.32. The summed E-state index contributed by atoms with van der Waals surface area (Å²) < 4.78 is 0. The number of rotatable bonds is 5. The second-order valence-corrected chi connectivity index (χ2v) is 6.32. The van der Waals surface area contributed by atoms with Crippen molar-refractivity contribution in [3.05, 3.63) is 11.4 Å². The molecule has 0 bridgehead atoms. The molecule has 0 aliphatic rings. The Bertz CT molecular complexity index is 446. The van der Waals surface area contributed by atoms with Crippen LogP contribution in [0.3, 0.4) is 0 Å². The van der Waals surface area contributed by atoms with Gasteiger partial charge in [-0.05, 0) is 19.8 Å². The van der Waals surface area contributed by atoms with E-state index in [4.69, 9.17) is 10.8 Å². The first-order chi connectivity index (χ1) is 9.26. The van der Waals surface area contributed by atoms with Gasteiger partial charge in [0.25, 0.3) is 0 Å². The largest absolute Gasteiger partial charge is 0.356 e. The van der Waals surface area contributed by atoms with Crippen molar-refractivity contribution in [1.29, 1.82) is 0 Å². The van der Waals surface area contributed by atoms with Gasteiger partial charge in [-0.15, -0.1) is 0 Å². The normalized spacial score (nSPS) is 11.8. The maximum atomic E-state index is 5.61. The average Bonchev–Trinajstić information content (AvgIpc) is 2.38. The SMILES string of the molecule is CCC(CC)N(C)c1nc(C(C)(C)C)nc(NN)c1C. The van der Waals surface area contributed by atoms with Crippen LogP contribution in [-0.2, 0) is 5.41 Å². The van der Waals surface area contributed by atoms with Crippen LogP contribution in [0.4, 0.5) is 11.6 Å². The molecule has 1 rings (SSSR count). The number of aromatic nitrogens is 2. The number of anilines is 2. The lowest BCUT2D eigenvalue weighted by atomic mass is 9.95. The smallest absolute Gasteiger partial charge is 0.148 e. The highest BCUT2D eigenvalue weighted by molar-refractivity contribution is 5.58. The van der Waals surface area contributed by atoms with Crippen LogP contribution in [0, 0.1) is 6.92 Å². The fraction of sp³-hybridized carbons (Fsp3) is 0.733. The lowest BCUT2D eigenvalue weighted by Crippen LogP contribution is -2.33. The summed E-state index contributed by atoms with van der Waals surface area (Å²) in [4.78, 5) is 11.6. The molecule has 1 aromatic heterocycles. The molecule has 0 aromatic carbocycles. The summed E-state index contributed by atoms with van der Waals surface area (Å²) >= 11 is 0. The molecule has 0 aliphatic heterocycles. The van der Waals surface area contributed by atoms with Crippen molar-refractivity contribution >= 4 is 11.6 Å². The molecule has 0 aliphatic carbocycles. The molecule has 1 heterocycles. The summed E-state index contributed by atoms with van der Waals surface area (Å²) in [5, 5.41) is 0. The Kier molecular flexibility index (Phi) is 5.34. The summed E-state index contributed by atoms with van der Waals surface area (Å²) in [6.45, 7) is 12.7. The summed E-state index contributed by atoms with van der Waals surface area (Å²) in [5.41, 5.74) is 3.59. The van der Waals surface area contributed by atoms with Crippen molar-refractivity contribution in [2.24, 2.45) is 5.84 Å². The number of nitrogens with zero attached hydrogens (tertiary/aromatic N) is 3. The van der Waals surface area contributed by atoms with Gasteiger partial charge in [-0.1, -0.05) is 34.6 Å². The lowest BCUT2D eigenvalue weighted by Gasteiger charge is -2.30. The van der Waals surface area contributed by atoms with E-state index in [-0.39, 0.29) is 5.41 Å². The van der Waals surface area contributed by atoms with E-state index in [0.717, 1.165) is 30.0 Å². The van der Waals surface area contributed by atoms with Gasteiger partial charge in [-0.3, -0.25) is 0 Å². The van der Waals surface area contributed by atoms with Gasteiger partial charge in [0.05, 0.1) is 0 Å². The maximum absolute atomic E-state index is 5.61. The lowest BCUT2D eigenvalue weighted by molar-refractivity contribution is 0.537. The summed E-state index contributed by atoms with van der Waals surface area (Å²) in [6, 6.07) is 0.474. The van der Waals surface area contributed by atoms with E-state index in [1.165, 1.54) is 0 Å². The predicted octanol–water partition coefficient (Wildman–Crippen LogP) is 2.99. The number of hydrogen-bond acceptors (Lipinski definition) is 5. The van der Waals surface area contributed by atoms with Gasteiger partial charge in [-0.2, -0.15) is 0 Å². The number of hydrazine groups is 1. The van der Waals surface area contributed by atoms with Gasteiger partial charge in [0.15, 0.2) is 0 Å². The Hall–Kier alpha value is -1.36. The Labute approximate surface area is 123 Å². The minimum Gasteiger partial charge on any atom is -0.356 e. The fourth-order valence-corrected chi connectivity index (χ4v) is 2.33. The standard InChI is InChI=1S/C15H29N5/c1-8-11(9-2)20(7)13-10(3)12(19-16)17-14(18-13)15(4,5)6/h11H,8-9,16H2,1-7H3,(H,17,18,19). The molecule has 0 unspecified atom stereocenters. The zero-order chi connectivity index (χ0) is 15.5. The Morgan fingerprint density at radius 1 is 1.20 bits per heavy atom. The van der Waals surface area contributed by atoms with E-state index in [9.17, 15) is 0 Å². The van der Waals surface area contributed by atoms with Crippen LogP contribution in [0.2, 0.25) is 0 Å². The van der Waals surface area contributed by atoms with Gasteiger partial charge < -0.3 is 10.3 Å². The van der Waals surface area contributed by atoms with Crippen molar-refractivity contribution in [3.8, 4) is 0 Å². The molecule has 0 saturated carbocycles. The average molecular weight is 279 g/mol. The van der Waals surface area contributed by atoms with E-state index in [2.05, 4.69) is 57.0 Å². The molecular formula is C15H29N5. The number of nitrogen functional groups attached to an aromatic ring is 1. The minimum absolute atomic E-state index is 0.108. The summed E-state index contributed by atoms with van der Waals surface area (Å²) in [5.74, 6) is 8.09. The number of hydrogen-bond donors (Lipinski definition) is 2. The molecule has 0 atom stereocenters. The molecule has 0 radical (unpaired) electrons. The third kappa shape index (κ3) is 3.39. The van der Waals surface area contributed by atoms with Crippen LogP contribution in [0.5, 0.6) is 0 Å². The molecule has 20 heavy (non-hydrogen) atoms. The van der Waals surface area contributed by atoms with Gasteiger partial charge in [0.1, 0.15) is 17.5 Å². The quantitative estimate of drug-likeness (QED) is 0.640. The van der Waals surface area contributed by atoms with E-state index in [0.29, 0.717) is 11.9 Å². The molecule has 1 aromatic rings. The highest BCUT2D eigenvalue weighted by Gasteiger charge is 2.24. The molecule has 0 saturated heterocycles. The Morgan fingerprint density at radius 2 is 1.75 bits per heavy atom. The summed E-state index contributed by atoms with van der Waals surface area (Å²) in [6.07, 6.45) is 2.18. The van der Waals surface area contributed by atoms with Crippen molar-refractivity contribution in [2.45, 2.75) is 65.8 Å². The van der Waals surface area contributed by atoms with Gasteiger partial charge in [-0.25, -0.2) is 15.8 Å². The van der Waals surface area contributed by atoms with Crippen LogP contribution < -0.4 is 16.2 Å². The molecule has 5 nitrogen and oxygen atoms in total. The topological polar surface area (TPSA) is 67.1 Å². The third-order valence-electron chi connectivity index (χ3n) is 3.75. The zero-order valence-corrected chi connectivity index (χ0v) is 13.9. The molecular weight excluding hydrogens is 250 g/mol. The van der Waals surface area contributed by atoms with Crippen LogP contribution >= 0.6 is 0 Å². The predicted molar refractivity (Wildman–Crippen MR) is 86.1 cm³/mol. The summed E-state index contributed by atoms with van der Waals surface area (Å²) in [7, 11) is 2.10. The molecule has 0 spiro atoms. The first-order valence-electron chi connectivity index (χ1n) is 7.34. The number of nitrogens with two attached hydrogens (primary N) is 1. The Balaban J connectivity index is 3.37. The first-order valence-corrected chi connectivity index (χ1v) is 7.34. The zero-order valence-electron chi connectivity index (χ0n) is 13.9. The van der Waals surface area contributed by atoms with Gasteiger partial charge in [0, 0.05) is 24.1 Å². The van der Waals surface area contributed by atoms with E-state index >= 15 is 0 Å². The van der Waals surface area contributed by atoms with Crippen molar-refractivity contribution in [3.63, 3.8) is 0 Å². The van der Waals surface area contributed by atoms with Gasteiger partial charge in [0.2, 0.25) is 0 Å². The Morgan fingerprint density at radius 3 is 2.15 bits per heavy atom. The fourth-order valence-electron chi connectivity index (χ4n) is 2.33.